The molecule has 1 aromatic rings. The van der Waals surface area contributed by atoms with Crippen LogP contribution in [0.5, 0.6) is 0 Å². The summed E-state index contributed by atoms with van der Waals surface area (Å²) < 4.78 is 0. The van der Waals surface area contributed by atoms with Crippen LogP contribution in [0.1, 0.15) is 46.1 Å². The number of nitrogens with one attached hydrogen (secondary N) is 2. The second kappa shape index (κ2) is 9.11. The lowest BCUT2D eigenvalue weighted by molar-refractivity contribution is -0.120. The van der Waals surface area contributed by atoms with Crippen molar-refractivity contribution in [1.82, 2.24) is 10.6 Å². The van der Waals surface area contributed by atoms with Gasteiger partial charge in [0.25, 0.3) is 0 Å². The first kappa shape index (κ1) is 18.1. The fourth-order valence-corrected chi connectivity index (χ4v) is 2.46. The van der Waals surface area contributed by atoms with E-state index in [1.165, 1.54) is 5.56 Å². The van der Waals surface area contributed by atoms with E-state index in [0.29, 0.717) is 5.75 Å². The first-order valence-corrected chi connectivity index (χ1v) is 8.69. The Bertz CT molecular complexity index is 429. The Morgan fingerprint density at radius 2 is 1.86 bits per heavy atom. The zero-order valence-electron chi connectivity index (χ0n) is 13.7. The highest BCUT2D eigenvalue weighted by atomic mass is 32.2. The van der Waals surface area contributed by atoms with Crippen molar-refractivity contribution in [2.24, 2.45) is 0 Å². The molecule has 0 aliphatic carbocycles. The SMILES string of the molecule is CCCNCc1ccc(SCC(=O)NC(C)(C)CC)cc1. The van der Waals surface area contributed by atoms with Crippen molar-refractivity contribution in [2.45, 2.75) is 57.5 Å². The Morgan fingerprint density at radius 3 is 2.43 bits per heavy atom. The lowest BCUT2D eigenvalue weighted by Gasteiger charge is -2.24. The van der Waals surface area contributed by atoms with Gasteiger partial charge < -0.3 is 10.6 Å². The third-order valence-corrected chi connectivity index (χ3v) is 4.42. The largest absolute Gasteiger partial charge is 0.351 e. The topological polar surface area (TPSA) is 41.1 Å². The predicted molar refractivity (Wildman–Crippen MR) is 91.7 cm³/mol. The monoisotopic (exact) mass is 308 g/mol. The molecule has 0 aliphatic rings. The van der Waals surface area contributed by atoms with Gasteiger partial charge >= 0.3 is 0 Å². The molecule has 0 unspecified atom stereocenters. The van der Waals surface area contributed by atoms with E-state index < -0.39 is 0 Å². The summed E-state index contributed by atoms with van der Waals surface area (Å²) in [6, 6.07) is 8.43. The fraction of sp³-hybridized carbons (Fsp3) is 0.588. The van der Waals surface area contributed by atoms with Gasteiger partial charge in [0.1, 0.15) is 0 Å². The van der Waals surface area contributed by atoms with Crippen LogP contribution >= 0.6 is 11.8 Å². The molecule has 0 saturated carbocycles. The Balaban J connectivity index is 2.37. The molecule has 0 saturated heterocycles. The molecule has 0 fully saturated rings. The zero-order chi connectivity index (χ0) is 15.7. The minimum Gasteiger partial charge on any atom is -0.351 e. The number of benzene rings is 1. The minimum absolute atomic E-state index is 0.0977. The van der Waals surface area contributed by atoms with E-state index in [-0.39, 0.29) is 11.4 Å². The molecule has 0 aliphatic heterocycles. The summed E-state index contributed by atoms with van der Waals surface area (Å²) in [6.45, 7) is 10.3. The van der Waals surface area contributed by atoms with Crippen molar-refractivity contribution in [3.63, 3.8) is 0 Å². The molecule has 1 aromatic carbocycles. The smallest absolute Gasteiger partial charge is 0.230 e. The maximum absolute atomic E-state index is 11.9. The molecule has 0 bridgehead atoms. The Morgan fingerprint density at radius 1 is 1.19 bits per heavy atom. The van der Waals surface area contributed by atoms with Crippen LogP contribution < -0.4 is 10.6 Å². The van der Waals surface area contributed by atoms with Gasteiger partial charge in [-0.05, 0) is 50.9 Å². The summed E-state index contributed by atoms with van der Waals surface area (Å²) in [4.78, 5) is 13.0. The van der Waals surface area contributed by atoms with Crippen molar-refractivity contribution in [2.75, 3.05) is 12.3 Å². The van der Waals surface area contributed by atoms with Gasteiger partial charge in [-0.25, -0.2) is 0 Å². The standard InChI is InChI=1S/C17H28N2OS/c1-5-11-18-12-14-7-9-15(10-8-14)21-13-16(20)19-17(3,4)6-2/h7-10,18H,5-6,11-13H2,1-4H3,(H,19,20). The van der Waals surface area contributed by atoms with Crippen LogP contribution in [0.2, 0.25) is 0 Å². The summed E-state index contributed by atoms with van der Waals surface area (Å²) in [5.74, 6) is 0.567. The van der Waals surface area contributed by atoms with Crippen molar-refractivity contribution >= 4 is 17.7 Å². The molecule has 118 valence electrons. The van der Waals surface area contributed by atoms with E-state index in [1.807, 2.05) is 13.8 Å². The van der Waals surface area contributed by atoms with E-state index >= 15 is 0 Å². The summed E-state index contributed by atoms with van der Waals surface area (Å²) in [6.07, 6.45) is 2.08. The van der Waals surface area contributed by atoms with Crippen molar-refractivity contribution < 1.29 is 4.79 Å². The van der Waals surface area contributed by atoms with E-state index in [4.69, 9.17) is 0 Å². The molecular formula is C17H28N2OS. The first-order chi connectivity index (χ1) is 9.96. The lowest BCUT2D eigenvalue weighted by atomic mass is 10.0. The van der Waals surface area contributed by atoms with Crippen molar-refractivity contribution in [3.8, 4) is 0 Å². The Hall–Kier alpha value is -1.00. The Labute approximate surface area is 133 Å². The maximum atomic E-state index is 11.9. The average molecular weight is 308 g/mol. The van der Waals surface area contributed by atoms with Gasteiger partial charge in [-0.1, -0.05) is 26.0 Å². The van der Waals surface area contributed by atoms with Gasteiger partial charge in [0.15, 0.2) is 0 Å². The van der Waals surface area contributed by atoms with Crippen LogP contribution in [0.4, 0.5) is 0 Å². The van der Waals surface area contributed by atoms with Crippen LogP contribution in [-0.2, 0) is 11.3 Å². The van der Waals surface area contributed by atoms with Gasteiger partial charge in [-0.3, -0.25) is 4.79 Å². The molecule has 3 nitrogen and oxygen atoms in total. The normalized spacial score (nSPS) is 11.4. The minimum atomic E-state index is -0.119. The highest BCUT2D eigenvalue weighted by Gasteiger charge is 2.17. The van der Waals surface area contributed by atoms with E-state index in [1.54, 1.807) is 11.8 Å². The molecule has 2 N–H and O–H groups in total. The van der Waals surface area contributed by atoms with Gasteiger partial charge in [0, 0.05) is 17.0 Å². The summed E-state index contributed by atoms with van der Waals surface area (Å²) in [7, 11) is 0. The number of carbonyl (C=O) groups excluding carboxylic acids is 1. The van der Waals surface area contributed by atoms with E-state index in [2.05, 4.69) is 48.7 Å². The van der Waals surface area contributed by atoms with Crippen LogP contribution in [0.15, 0.2) is 29.2 Å². The summed E-state index contributed by atoms with van der Waals surface area (Å²) >= 11 is 1.58. The molecule has 1 amide bonds. The van der Waals surface area contributed by atoms with Gasteiger partial charge in [-0.2, -0.15) is 0 Å². The number of amides is 1. The molecule has 0 radical (unpaired) electrons. The average Bonchev–Trinajstić information content (AvgIpc) is 2.46. The number of carbonyl (C=O) groups is 1. The summed E-state index contributed by atoms with van der Waals surface area (Å²) in [5.41, 5.74) is 1.16. The predicted octanol–water partition coefficient (Wildman–Crippen LogP) is 3.58. The Kier molecular flexibility index (Phi) is 7.83. The highest BCUT2D eigenvalue weighted by Crippen LogP contribution is 2.18. The molecule has 0 heterocycles. The number of rotatable bonds is 9. The quantitative estimate of drug-likeness (QED) is 0.541. The van der Waals surface area contributed by atoms with E-state index in [9.17, 15) is 4.79 Å². The molecular weight excluding hydrogens is 280 g/mol. The number of hydrogen-bond acceptors (Lipinski definition) is 3. The van der Waals surface area contributed by atoms with Crippen LogP contribution in [0, 0.1) is 0 Å². The van der Waals surface area contributed by atoms with Crippen molar-refractivity contribution in [1.29, 1.82) is 0 Å². The highest BCUT2D eigenvalue weighted by molar-refractivity contribution is 8.00. The second-order valence-corrected chi connectivity index (χ2v) is 6.94. The van der Waals surface area contributed by atoms with Crippen LogP contribution in [0.25, 0.3) is 0 Å². The number of thioether (sulfide) groups is 1. The summed E-state index contributed by atoms with van der Waals surface area (Å²) in [5, 5.41) is 6.43. The van der Waals surface area contributed by atoms with Crippen LogP contribution in [0.3, 0.4) is 0 Å². The van der Waals surface area contributed by atoms with E-state index in [0.717, 1.165) is 30.8 Å². The second-order valence-electron chi connectivity index (χ2n) is 5.90. The van der Waals surface area contributed by atoms with Gasteiger partial charge in [0.2, 0.25) is 5.91 Å². The molecule has 0 spiro atoms. The number of hydrogen-bond donors (Lipinski definition) is 2. The third kappa shape index (κ3) is 7.53. The van der Waals surface area contributed by atoms with Crippen molar-refractivity contribution in [3.05, 3.63) is 29.8 Å². The van der Waals surface area contributed by atoms with Gasteiger partial charge in [0.05, 0.1) is 5.75 Å². The first-order valence-electron chi connectivity index (χ1n) is 7.70. The molecule has 1 rings (SSSR count). The molecule has 0 aromatic heterocycles. The van der Waals surface area contributed by atoms with Gasteiger partial charge in [-0.15, -0.1) is 11.8 Å². The lowest BCUT2D eigenvalue weighted by Crippen LogP contribution is -2.43. The molecule has 0 atom stereocenters. The molecule has 21 heavy (non-hydrogen) atoms. The zero-order valence-corrected chi connectivity index (χ0v) is 14.5. The fourth-order valence-electron chi connectivity index (χ4n) is 1.76. The molecule has 4 heteroatoms. The third-order valence-electron chi connectivity index (χ3n) is 3.41. The maximum Gasteiger partial charge on any atom is 0.230 e. The van der Waals surface area contributed by atoms with Crippen LogP contribution in [-0.4, -0.2) is 23.7 Å².